The van der Waals surface area contributed by atoms with E-state index in [0.717, 1.165) is 0 Å². The minimum absolute atomic E-state index is 0.155. The van der Waals surface area contributed by atoms with Gasteiger partial charge < -0.3 is 9.84 Å². The SMILES string of the molecule is [B]C1CCC(C(O)C(F)(F)F)O1. The minimum atomic E-state index is -4.62. The number of alkyl halides is 3. The summed E-state index contributed by atoms with van der Waals surface area (Å²) in [5.74, 6) is 0. The molecule has 0 bridgehead atoms. The summed E-state index contributed by atoms with van der Waals surface area (Å²) in [5, 5.41) is 8.70. The molecule has 1 aliphatic rings. The summed E-state index contributed by atoms with van der Waals surface area (Å²) in [6, 6.07) is -0.674. The van der Waals surface area contributed by atoms with Crippen LogP contribution in [0.3, 0.4) is 0 Å². The molecule has 0 saturated carbocycles. The van der Waals surface area contributed by atoms with Crippen LogP contribution in [0.4, 0.5) is 13.2 Å². The molecular weight excluding hydrogens is 172 g/mol. The molecule has 0 aromatic rings. The normalized spacial score (nSPS) is 33.7. The summed E-state index contributed by atoms with van der Waals surface area (Å²) >= 11 is 0. The van der Waals surface area contributed by atoms with E-state index in [2.05, 4.69) is 4.74 Å². The number of rotatable bonds is 1. The van der Waals surface area contributed by atoms with Crippen LogP contribution < -0.4 is 0 Å². The topological polar surface area (TPSA) is 29.5 Å². The first-order chi connectivity index (χ1) is 5.41. The van der Waals surface area contributed by atoms with E-state index in [1.165, 1.54) is 0 Å². The molecule has 3 unspecified atom stereocenters. The van der Waals surface area contributed by atoms with Gasteiger partial charge in [0.15, 0.2) is 6.10 Å². The van der Waals surface area contributed by atoms with E-state index >= 15 is 0 Å². The molecule has 2 nitrogen and oxygen atoms in total. The molecule has 3 atom stereocenters. The number of hydrogen-bond donors (Lipinski definition) is 1. The van der Waals surface area contributed by atoms with Gasteiger partial charge in [0.25, 0.3) is 0 Å². The third-order valence-electron chi connectivity index (χ3n) is 1.77. The van der Waals surface area contributed by atoms with Crippen LogP contribution in [0.25, 0.3) is 0 Å². The van der Waals surface area contributed by atoms with Gasteiger partial charge in [0.1, 0.15) is 7.85 Å². The lowest BCUT2D eigenvalue weighted by Crippen LogP contribution is -2.39. The van der Waals surface area contributed by atoms with Crippen LogP contribution in [0.5, 0.6) is 0 Å². The Labute approximate surface area is 69.1 Å². The second-order valence-corrected chi connectivity index (χ2v) is 2.78. The summed E-state index contributed by atoms with van der Waals surface area (Å²) in [4.78, 5) is 0. The van der Waals surface area contributed by atoms with Crippen LogP contribution in [0.2, 0.25) is 0 Å². The molecule has 0 aromatic carbocycles. The molecule has 0 spiro atoms. The summed E-state index contributed by atoms with van der Waals surface area (Å²) in [5.41, 5.74) is 0. The van der Waals surface area contributed by atoms with Crippen molar-refractivity contribution < 1.29 is 23.0 Å². The van der Waals surface area contributed by atoms with E-state index < -0.39 is 24.4 Å². The van der Waals surface area contributed by atoms with Crippen molar-refractivity contribution in [1.82, 2.24) is 0 Å². The summed E-state index contributed by atoms with van der Waals surface area (Å²) in [6.07, 6.45) is -7.71. The molecule has 1 N–H and O–H groups in total. The molecule has 1 fully saturated rings. The molecule has 1 saturated heterocycles. The molecule has 12 heavy (non-hydrogen) atoms. The van der Waals surface area contributed by atoms with Crippen LogP contribution in [0, 0.1) is 0 Å². The fourth-order valence-corrected chi connectivity index (χ4v) is 1.13. The Morgan fingerprint density at radius 1 is 1.42 bits per heavy atom. The average Bonchev–Trinajstić information content (AvgIpc) is 2.32. The van der Waals surface area contributed by atoms with E-state index in [9.17, 15) is 13.2 Å². The van der Waals surface area contributed by atoms with Crippen LogP contribution in [0.15, 0.2) is 0 Å². The summed E-state index contributed by atoms with van der Waals surface area (Å²) in [6.45, 7) is 0. The standard InChI is InChI=1S/C6H8BF3O2/c7-4-2-1-3(12-4)5(11)6(8,9)10/h3-5,11H,1-2H2. The molecule has 68 valence electrons. The molecule has 0 amide bonds. The van der Waals surface area contributed by atoms with Gasteiger partial charge in [0.2, 0.25) is 0 Å². The Bertz CT molecular complexity index is 161. The Balaban J connectivity index is 2.48. The Kier molecular flexibility index (Phi) is 2.68. The molecule has 0 aliphatic carbocycles. The molecule has 1 heterocycles. The molecule has 0 aromatic heterocycles. The van der Waals surface area contributed by atoms with Gasteiger partial charge in [0.05, 0.1) is 6.10 Å². The van der Waals surface area contributed by atoms with Gasteiger partial charge in [-0.3, -0.25) is 0 Å². The zero-order valence-electron chi connectivity index (χ0n) is 6.21. The van der Waals surface area contributed by atoms with Crippen molar-refractivity contribution in [3.8, 4) is 0 Å². The Morgan fingerprint density at radius 3 is 2.33 bits per heavy atom. The van der Waals surface area contributed by atoms with Crippen molar-refractivity contribution in [2.24, 2.45) is 0 Å². The van der Waals surface area contributed by atoms with Gasteiger partial charge in [-0.25, -0.2) is 0 Å². The zero-order chi connectivity index (χ0) is 9.35. The highest BCUT2D eigenvalue weighted by Gasteiger charge is 2.45. The number of hydrogen-bond acceptors (Lipinski definition) is 2. The van der Waals surface area contributed by atoms with Crippen molar-refractivity contribution in [3.63, 3.8) is 0 Å². The molecule has 1 rings (SSSR count). The predicted octanol–water partition coefficient (Wildman–Crippen LogP) is 0.583. The lowest BCUT2D eigenvalue weighted by Gasteiger charge is -2.20. The van der Waals surface area contributed by atoms with Crippen molar-refractivity contribution in [1.29, 1.82) is 0 Å². The molecule has 2 radical (unpaired) electrons. The largest absolute Gasteiger partial charge is 0.416 e. The zero-order valence-corrected chi connectivity index (χ0v) is 6.21. The highest BCUT2D eigenvalue weighted by molar-refractivity contribution is 6.11. The van der Waals surface area contributed by atoms with Crippen molar-refractivity contribution >= 4 is 7.85 Å². The molecule has 1 aliphatic heterocycles. The van der Waals surface area contributed by atoms with Crippen LogP contribution in [0.1, 0.15) is 12.8 Å². The van der Waals surface area contributed by atoms with Crippen LogP contribution in [-0.4, -0.2) is 37.3 Å². The van der Waals surface area contributed by atoms with Gasteiger partial charge in [-0.15, -0.1) is 0 Å². The third kappa shape index (κ3) is 2.14. The second kappa shape index (κ2) is 3.26. The quantitative estimate of drug-likeness (QED) is 0.598. The highest BCUT2D eigenvalue weighted by Crippen LogP contribution is 2.30. The lowest BCUT2D eigenvalue weighted by molar-refractivity contribution is -0.232. The first-order valence-corrected chi connectivity index (χ1v) is 3.57. The smallest absolute Gasteiger partial charge is 0.382 e. The molecular formula is C6H8BF3O2. The van der Waals surface area contributed by atoms with Gasteiger partial charge in [-0.05, 0) is 12.8 Å². The summed E-state index contributed by atoms with van der Waals surface area (Å²) < 4.78 is 40.2. The Morgan fingerprint density at radius 2 is 2.00 bits per heavy atom. The molecule has 6 heteroatoms. The first kappa shape index (κ1) is 9.86. The number of aliphatic hydroxyl groups is 1. The van der Waals surface area contributed by atoms with Crippen molar-refractivity contribution in [2.75, 3.05) is 0 Å². The first-order valence-electron chi connectivity index (χ1n) is 3.57. The van der Waals surface area contributed by atoms with Crippen molar-refractivity contribution in [2.45, 2.75) is 37.2 Å². The fourth-order valence-electron chi connectivity index (χ4n) is 1.13. The third-order valence-corrected chi connectivity index (χ3v) is 1.77. The predicted molar refractivity (Wildman–Crippen MR) is 35.7 cm³/mol. The maximum Gasteiger partial charge on any atom is 0.416 e. The number of ether oxygens (including phenoxy) is 1. The van der Waals surface area contributed by atoms with E-state index in [1.807, 2.05) is 0 Å². The van der Waals surface area contributed by atoms with Crippen LogP contribution >= 0.6 is 0 Å². The monoisotopic (exact) mass is 180 g/mol. The highest BCUT2D eigenvalue weighted by atomic mass is 19.4. The van der Waals surface area contributed by atoms with Crippen LogP contribution in [-0.2, 0) is 4.74 Å². The van der Waals surface area contributed by atoms with Gasteiger partial charge in [-0.1, -0.05) is 0 Å². The van der Waals surface area contributed by atoms with E-state index in [1.54, 1.807) is 0 Å². The summed E-state index contributed by atoms with van der Waals surface area (Å²) in [7, 11) is 5.21. The maximum absolute atomic E-state index is 11.9. The van der Waals surface area contributed by atoms with Gasteiger partial charge in [-0.2, -0.15) is 13.2 Å². The number of halogens is 3. The van der Waals surface area contributed by atoms with E-state index in [0.29, 0.717) is 6.42 Å². The van der Waals surface area contributed by atoms with Gasteiger partial charge in [0, 0.05) is 6.00 Å². The Hall–Kier alpha value is -0.225. The van der Waals surface area contributed by atoms with Crippen molar-refractivity contribution in [3.05, 3.63) is 0 Å². The second-order valence-electron chi connectivity index (χ2n) is 2.78. The number of aliphatic hydroxyl groups excluding tert-OH is 1. The van der Waals surface area contributed by atoms with Gasteiger partial charge >= 0.3 is 6.18 Å². The minimum Gasteiger partial charge on any atom is -0.382 e. The fraction of sp³-hybridized carbons (Fsp3) is 1.00. The van der Waals surface area contributed by atoms with E-state index in [4.69, 9.17) is 13.0 Å². The lowest BCUT2D eigenvalue weighted by atomic mass is 9.97. The maximum atomic E-state index is 11.9. The average molecular weight is 180 g/mol. The van der Waals surface area contributed by atoms with E-state index in [-0.39, 0.29) is 6.42 Å².